The van der Waals surface area contributed by atoms with Gasteiger partial charge in [-0.1, -0.05) is 0 Å². The minimum Gasteiger partial charge on any atom is -0.861 e. The summed E-state index contributed by atoms with van der Waals surface area (Å²) < 4.78 is 122. The second-order valence-corrected chi connectivity index (χ2v) is 17.1. The Morgan fingerprint density at radius 3 is 2.11 bits per heavy atom. The third-order valence-corrected chi connectivity index (χ3v) is 13.0. The van der Waals surface area contributed by atoms with Gasteiger partial charge in [-0.15, -0.1) is 13.2 Å². The van der Waals surface area contributed by atoms with Crippen LogP contribution >= 0.6 is 45.2 Å². The van der Waals surface area contributed by atoms with Crippen molar-refractivity contribution in [3.63, 3.8) is 0 Å². The van der Waals surface area contributed by atoms with Crippen LogP contribution in [0.3, 0.4) is 0 Å². The lowest BCUT2D eigenvalue weighted by Crippen LogP contribution is -2.61. The van der Waals surface area contributed by atoms with Gasteiger partial charge in [0.25, 0.3) is 10.0 Å². The first-order valence-electron chi connectivity index (χ1n) is 14.0. The van der Waals surface area contributed by atoms with Crippen LogP contribution in [0.4, 0.5) is 13.2 Å². The van der Waals surface area contributed by atoms with E-state index in [1.165, 1.54) is 12.1 Å². The van der Waals surface area contributed by atoms with Gasteiger partial charge >= 0.3 is 12.3 Å². The van der Waals surface area contributed by atoms with Gasteiger partial charge in [-0.05, 0) is 138 Å². The van der Waals surface area contributed by atoms with Crippen LogP contribution in [0.25, 0.3) is 0 Å². The molecule has 2 aromatic carbocycles. The minimum absolute atomic E-state index is 0.00307. The minimum atomic E-state index is -4.95. The maximum atomic E-state index is 13.5. The molecular weight excluding hydrogens is 901 g/mol. The van der Waals surface area contributed by atoms with Crippen molar-refractivity contribution in [1.29, 1.82) is 0 Å². The van der Waals surface area contributed by atoms with Crippen molar-refractivity contribution in [2.45, 2.75) is 60.3 Å². The quantitative estimate of drug-likeness (QED) is 0.0747. The Morgan fingerprint density at radius 1 is 0.957 bits per heavy atom. The molecule has 0 amide bonds. The van der Waals surface area contributed by atoms with E-state index in [1.807, 2.05) is 0 Å². The predicted molar refractivity (Wildman–Crippen MR) is 170 cm³/mol. The number of sulfonamides is 1. The molecule has 0 saturated heterocycles. The van der Waals surface area contributed by atoms with Crippen LogP contribution in [-0.4, -0.2) is 65.0 Å². The fraction of sp³-hybridized carbons (Fsp3) is 0.500. The molecule has 6 rings (SSSR count). The summed E-state index contributed by atoms with van der Waals surface area (Å²) in [5, 5.41) is 13.5. The summed E-state index contributed by atoms with van der Waals surface area (Å²) in [7, 11) is -9.20. The second-order valence-electron chi connectivity index (χ2n) is 11.8. The van der Waals surface area contributed by atoms with E-state index in [2.05, 4.69) is 9.13 Å². The molecule has 4 bridgehead atoms. The molecule has 2 atom stereocenters. The Bertz CT molecular complexity index is 1750. The number of carbonyl (C=O) groups excluding carboxylic acids is 1. The van der Waals surface area contributed by atoms with Crippen molar-refractivity contribution >= 4 is 77.2 Å². The molecule has 0 aliphatic heterocycles. The SMILES string of the molecule is O=C(COc1cc(I)c(S(=O)(=O)[O-])c(I)c1)OCCOC12CC3CC(C1)CC(/C([O-])=N/S(=O)(=O)c1ccc(OC(F)(F)F)cc1)(C3)C2. The molecule has 4 fully saturated rings. The standard InChI is InChI=1S/C28H28F3I2NO11S2/c29-28(30,31)45-18-1-3-20(4-2-18)46(37,38)34-25(36)26-10-16-7-17(11-26)13-27(12-16,15-26)44-6-5-42-23(35)14-43-19-8-21(32)24(22(33)9-19)47(39,40)41/h1-4,8-9,16-17H,5-7,10-15H2,(H,34,36)(H,39,40,41)/p-2. The lowest BCUT2D eigenvalue weighted by atomic mass is 9.47. The molecule has 0 radical (unpaired) electrons. The molecule has 0 spiro atoms. The molecule has 19 heteroatoms. The number of halogens is 5. The molecule has 2 aromatic rings. The summed E-state index contributed by atoms with van der Waals surface area (Å²) in [6.07, 6.45) is -1.68. The van der Waals surface area contributed by atoms with Crippen molar-refractivity contribution < 1.29 is 63.4 Å². The van der Waals surface area contributed by atoms with Gasteiger partial charge in [-0.25, -0.2) is 13.2 Å². The van der Waals surface area contributed by atoms with Gasteiger partial charge in [-0.3, -0.25) is 0 Å². The molecule has 0 N–H and O–H groups in total. The number of esters is 1. The largest absolute Gasteiger partial charge is 0.861 e. The van der Waals surface area contributed by atoms with Crippen LogP contribution in [0.1, 0.15) is 38.5 Å². The van der Waals surface area contributed by atoms with E-state index in [4.69, 9.17) is 14.2 Å². The van der Waals surface area contributed by atoms with Gasteiger partial charge in [-0.2, -0.15) is 12.8 Å². The van der Waals surface area contributed by atoms with Gasteiger partial charge < -0.3 is 28.6 Å². The Balaban J connectivity index is 1.18. The molecule has 2 unspecified atom stereocenters. The number of hydrogen-bond acceptors (Lipinski definition) is 11. The molecule has 258 valence electrons. The fourth-order valence-corrected chi connectivity index (χ4v) is 12.0. The predicted octanol–water partition coefficient (Wildman–Crippen LogP) is 4.12. The maximum absolute atomic E-state index is 13.5. The number of carbonyl (C=O) groups is 1. The number of ether oxygens (including phenoxy) is 4. The number of alkyl halides is 3. The van der Waals surface area contributed by atoms with E-state index in [1.54, 1.807) is 45.2 Å². The zero-order valence-electron chi connectivity index (χ0n) is 24.1. The summed E-state index contributed by atoms with van der Waals surface area (Å²) in [4.78, 5) is 11.5. The number of benzene rings is 2. The molecule has 0 aromatic heterocycles. The third kappa shape index (κ3) is 8.62. The van der Waals surface area contributed by atoms with Crippen LogP contribution in [0.2, 0.25) is 0 Å². The van der Waals surface area contributed by atoms with Gasteiger partial charge in [0.2, 0.25) is 0 Å². The van der Waals surface area contributed by atoms with E-state index < -0.39 is 66.6 Å². The summed E-state index contributed by atoms with van der Waals surface area (Å²) in [5.41, 5.74) is -1.81. The summed E-state index contributed by atoms with van der Waals surface area (Å²) >= 11 is 3.37. The van der Waals surface area contributed by atoms with Gasteiger partial charge in [0, 0.05) is 12.6 Å². The highest BCUT2D eigenvalue weighted by Crippen LogP contribution is 2.63. The van der Waals surface area contributed by atoms with Crippen molar-refractivity contribution in [2.75, 3.05) is 19.8 Å². The van der Waals surface area contributed by atoms with Crippen molar-refractivity contribution in [3.05, 3.63) is 43.5 Å². The molecular formula is C28H26F3I2NO11S2-2. The summed E-state index contributed by atoms with van der Waals surface area (Å²) in [5.74, 6) is -1.79. The van der Waals surface area contributed by atoms with E-state index in [0.29, 0.717) is 25.7 Å². The average molecular weight is 927 g/mol. The zero-order valence-corrected chi connectivity index (χ0v) is 30.1. The molecule has 12 nitrogen and oxygen atoms in total. The topological polar surface area (TPSA) is 181 Å². The van der Waals surface area contributed by atoms with E-state index in [-0.39, 0.29) is 49.3 Å². The van der Waals surface area contributed by atoms with Crippen LogP contribution < -0.4 is 14.6 Å². The molecule has 4 aliphatic rings. The summed E-state index contributed by atoms with van der Waals surface area (Å²) in [6, 6.07) is 6.07. The lowest BCUT2D eigenvalue weighted by molar-refractivity contribution is -0.274. The third-order valence-electron chi connectivity index (χ3n) is 8.35. The highest BCUT2D eigenvalue weighted by atomic mass is 127. The normalized spacial score (nSPS) is 25.9. The van der Waals surface area contributed by atoms with Crippen LogP contribution in [0, 0.1) is 24.4 Å². The molecule has 0 heterocycles. The van der Waals surface area contributed by atoms with E-state index in [9.17, 15) is 44.5 Å². The summed E-state index contributed by atoms with van der Waals surface area (Å²) in [6.45, 7) is -0.616. The molecule has 4 saturated carbocycles. The highest BCUT2D eigenvalue weighted by Gasteiger charge is 2.58. The second kappa shape index (κ2) is 13.4. The first-order chi connectivity index (χ1) is 21.8. The van der Waals surface area contributed by atoms with Crippen molar-refractivity contribution in [1.82, 2.24) is 0 Å². The molecule has 47 heavy (non-hydrogen) atoms. The van der Waals surface area contributed by atoms with E-state index in [0.717, 1.165) is 30.7 Å². The zero-order chi connectivity index (χ0) is 34.4. The van der Waals surface area contributed by atoms with Crippen molar-refractivity contribution in [2.24, 2.45) is 21.6 Å². The Morgan fingerprint density at radius 2 is 1.55 bits per heavy atom. The van der Waals surface area contributed by atoms with E-state index >= 15 is 0 Å². The van der Waals surface area contributed by atoms with Crippen LogP contribution in [0.15, 0.2) is 50.6 Å². The smallest absolute Gasteiger partial charge is 0.573 e. The average Bonchev–Trinajstić information content (AvgIpc) is 2.91. The lowest BCUT2D eigenvalue weighted by Gasteiger charge is -2.62. The number of nitrogens with zero attached hydrogens (tertiary/aromatic N) is 1. The first kappa shape index (κ1) is 36.3. The molecule has 4 aliphatic carbocycles. The van der Waals surface area contributed by atoms with Gasteiger partial charge in [0.15, 0.2) is 6.61 Å². The number of rotatable bonds is 12. The first-order valence-corrected chi connectivity index (χ1v) is 19.0. The highest BCUT2D eigenvalue weighted by molar-refractivity contribution is 14.1. The maximum Gasteiger partial charge on any atom is 0.573 e. The van der Waals surface area contributed by atoms with Crippen LogP contribution in [0.5, 0.6) is 11.5 Å². The Labute approximate surface area is 295 Å². The fourth-order valence-electron chi connectivity index (χ4n) is 7.13. The Kier molecular flexibility index (Phi) is 10.4. The van der Waals surface area contributed by atoms with Gasteiger partial charge in [0.1, 0.15) is 28.2 Å². The van der Waals surface area contributed by atoms with Crippen molar-refractivity contribution in [3.8, 4) is 11.5 Å². The number of hydrogen-bond donors (Lipinski definition) is 0. The van der Waals surface area contributed by atoms with Crippen LogP contribution in [-0.2, 0) is 34.4 Å². The van der Waals surface area contributed by atoms with Gasteiger partial charge in [0.05, 0.1) is 22.0 Å². The Hall–Kier alpha value is -1.95. The monoisotopic (exact) mass is 927 g/mol.